The van der Waals surface area contributed by atoms with Crippen molar-refractivity contribution in [3.63, 3.8) is 0 Å². The van der Waals surface area contributed by atoms with Gasteiger partial charge in [0, 0.05) is 45.4 Å². The third-order valence-corrected chi connectivity index (χ3v) is 3.93. The van der Waals surface area contributed by atoms with E-state index in [9.17, 15) is 9.18 Å². The van der Waals surface area contributed by atoms with Gasteiger partial charge in [0.1, 0.15) is 0 Å². The maximum absolute atomic E-state index is 12.4. The molecule has 6 heteroatoms. The van der Waals surface area contributed by atoms with Crippen molar-refractivity contribution in [3.05, 3.63) is 0 Å². The first-order valence-corrected chi connectivity index (χ1v) is 7.08. The van der Waals surface area contributed by atoms with Crippen LogP contribution in [-0.2, 0) is 9.53 Å². The number of alkyl halides is 1. The maximum Gasteiger partial charge on any atom is 0.254 e. The predicted octanol–water partition coefficient (Wildman–Crippen LogP) is 0.168. The topological polar surface area (TPSA) is 36.0 Å². The van der Waals surface area contributed by atoms with Gasteiger partial charge in [-0.25, -0.2) is 4.39 Å². The number of carbonyl (C=O) groups is 1. The van der Waals surface area contributed by atoms with E-state index < -0.39 is 6.67 Å². The summed E-state index contributed by atoms with van der Waals surface area (Å²) in [6.45, 7) is 7.92. The molecule has 0 aromatic rings. The molecule has 2 fully saturated rings. The van der Waals surface area contributed by atoms with Gasteiger partial charge in [0.15, 0.2) is 6.67 Å². The highest BCUT2D eigenvalue weighted by molar-refractivity contribution is 5.77. The van der Waals surface area contributed by atoms with Gasteiger partial charge in [-0.3, -0.25) is 14.6 Å². The first-order valence-electron chi connectivity index (χ1n) is 7.08. The Hall–Kier alpha value is -0.720. The SMILES string of the molecule is CC1CN(C(=O)CF)CCN1CN1CCCOCC1. The average molecular weight is 273 g/mol. The summed E-state index contributed by atoms with van der Waals surface area (Å²) in [4.78, 5) is 17.8. The van der Waals surface area contributed by atoms with Crippen molar-refractivity contribution >= 4 is 5.91 Å². The van der Waals surface area contributed by atoms with Crippen LogP contribution in [0.1, 0.15) is 13.3 Å². The molecule has 0 aromatic carbocycles. The van der Waals surface area contributed by atoms with Crippen molar-refractivity contribution < 1.29 is 13.9 Å². The Morgan fingerprint density at radius 1 is 1.26 bits per heavy atom. The zero-order valence-corrected chi connectivity index (χ0v) is 11.7. The lowest BCUT2D eigenvalue weighted by atomic mass is 10.2. The number of halogens is 1. The molecule has 2 rings (SSSR count). The summed E-state index contributed by atoms with van der Waals surface area (Å²) in [7, 11) is 0. The fraction of sp³-hybridized carbons (Fsp3) is 0.923. The summed E-state index contributed by atoms with van der Waals surface area (Å²) >= 11 is 0. The summed E-state index contributed by atoms with van der Waals surface area (Å²) in [5.74, 6) is -0.380. The first-order chi connectivity index (χ1) is 9.20. The smallest absolute Gasteiger partial charge is 0.254 e. The summed E-state index contributed by atoms with van der Waals surface area (Å²) in [5, 5.41) is 0. The van der Waals surface area contributed by atoms with Crippen LogP contribution >= 0.6 is 0 Å². The van der Waals surface area contributed by atoms with E-state index in [1.807, 2.05) is 0 Å². The molecule has 0 bridgehead atoms. The highest BCUT2D eigenvalue weighted by atomic mass is 19.1. The van der Waals surface area contributed by atoms with Gasteiger partial charge in [0.05, 0.1) is 13.3 Å². The van der Waals surface area contributed by atoms with Gasteiger partial charge in [0.2, 0.25) is 0 Å². The summed E-state index contributed by atoms with van der Waals surface area (Å²) in [5.41, 5.74) is 0. The Morgan fingerprint density at radius 3 is 2.84 bits per heavy atom. The second kappa shape index (κ2) is 7.17. The molecule has 1 amide bonds. The Bertz CT molecular complexity index is 296. The number of piperazine rings is 1. The molecule has 0 N–H and O–H groups in total. The van der Waals surface area contributed by atoms with Crippen LogP contribution in [0.4, 0.5) is 4.39 Å². The Morgan fingerprint density at radius 2 is 2.11 bits per heavy atom. The fourth-order valence-electron chi connectivity index (χ4n) is 2.71. The highest BCUT2D eigenvalue weighted by Crippen LogP contribution is 2.11. The Balaban J connectivity index is 1.80. The molecule has 19 heavy (non-hydrogen) atoms. The minimum Gasteiger partial charge on any atom is -0.380 e. The fourth-order valence-corrected chi connectivity index (χ4v) is 2.71. The number of nitrogens with zero attached hydrogens (tertiary/aromatic N) is 3. The number of carbonyl (C=O) groups excluding carboxylic acids is 1. The molecular formula is C13H24FN3O2. The standard InChI is InChI=1S/C13H24FN3O2/c1-12-10-16(13(18)9-14)4-5-17(12)11-15-3-2-7-19-8-6-15/h12H,2-11H2,1H3. The molecular weight excluding hydrogens is 249 g/mol. The lowest BCUT2D eigenvalue weighted by Gasteiger charge is -2.41. The number of hydrogen-bond acceptors (Lipinski definition) is 4. The third-order valence-electron chi connectivity index (χ3n) is 3.93. The van der Waals surface area contributed by atoms with E-state index in [0.717, 1.165) is 45.9 Å². The number of ether oxygens (including phenoxy) is 1. The van der Waals surface area contributed by atoms with E-state index >= 15 is 0 Å². The average Bonchev–Trinajstić information content (AvgIpc) is 2.68. The van der Waals surface area contributed by atoms with Crippen molar-refractivity contribution in [2.45, 2.75) is 19.4 Å². The number of hydrogen-bond donors (Lipinski definition) is 0. The van der Waals surface area contributed by atoms with Crippen molar-refractivity contribution in [3.8, 4) is 0 Å². The van der Waals surface area contributed by atoms with Crippen LogP contribution in [0.2, 0.25) is 0 Å². The van der Waals surface area contributed by atoms with Gasteiger partial charge in [-0.1, -0.05) is 0 Å². The molecule has 2 saturated heterocycles. The first kappa shape index (κ1) is 14.7. The van der Waals surface area contributed by atoms with E-state index in [2.05, 4.69) is 16.7 Å². The maximum atomic E-state index is 12.4. The molecule has 2 aliphatic heterocycles. The molecule has 0 aliphatic carbocycles. The largest absolute Gasteiger partial charge is 0.380 e. The number of amides is 1. The van der Waals surface area contributed by atoms with Crippen LogP contribution in [0.15, 0.2) is 0 Å². The molecule has 2 heterocycles. The van der Waals surface area contributed by atoms with E-state index in [1.165, 1.54) is 0 Å². The van der Waals surface area contributed by atoms with Crippen LogP contribution < -0.4 is 0 Å². The Labute approximate surface area is 114 Å². The summed E-state index contributed by atoms with van der Waals surface area (Å²) in [6, 6.07) is 0.286. The van der Waals surface area contributed by atoms with Crippen molar-refractivity contribution in [2.75, 3.05) is 59.3 Å². The molecule has 0 spiro atoms. The van der Waals surface area contributed by atoms with Crippen molar-refractivity contribution in [2.24, 2.45) is 0 Å². The Kier molecular flexibility index (Phi) is 5.54. The van der Waals surface area contributed by atoms with E-state index in [1.54, 1.807) is 4.90 Å². The van der Waals surface area contributed by atoms with Gasteiger partial charge >= 0.3 is 0 Å². The van der Waals surface area contributed by atoms with Gasteiger partial charge in [-0.2, -0.15) is 0 Å². The van der Waals surface area contributed by atoms with Gasteiger partial charge in [0.25, 0.3) is 5.91 Å². The lowest BCUT2D eigenvalue weighted by Crippen LogP contribution is -2.56. The molecule has 110 valence electrons. The van der Waals surface area contributed by atoms with Crippen LogP contribution in [0, 0.1) is 0 Å². The molecule has 2 aliphatic rings. The second-order valence-corrected chi connectivity index (χ2v) is 5.36. The van der Waals surface area contributed by atoms with Gasteiger partial charge in [-0.15, -0.1) is 0 Å². The van der Waals surface area contributed by atoms with Gasteiger partial charge < -0.3 is 9.64 Å². The van der Waals surface area contributed by atoms with Gasteiger partial charge in [-0.05, 0) is 13.3 Å². The lowest BCUT2D eigenvalue weighted by molar-refractivity contribution is -0.135. The van der Waals surface area contributed by atoms with Crippen LogP contribution in [-0.4, -0.2) is 85.9 Å². The zero-order valence-electron chi connectivity index (χ0n) is 11.7. The van der Waals surface area contributed by atoms with Crippen LogP contribution in [0.25, 0.3) is 0 Å². The van der Waals surface area contributed by atoms with E-state index in [-0.39, 0.29) is 11.9 Å². The highest BCUT2D eigenvalue weighted by Gasteiger charge is 2.27. The van der Waals surface area contributed by atoms with Crippen LogP contribution in [0.3, 0.4) is 0 Å². The molecule has 0 radical (unpaired) electrons. The van der Waals surface area contributed by atoms with E-state index in [0.29, 0.717) is 13.1 Å². The minimum absolute atomic E-state index is 0.286. The second-order valence-electron chi connectivity index (χ2n) is 5.36. The molecule has 0 aromatic heterocycles. The third kappa shape index (κ3) is 4.12. The minimum atomic E-state index is -0.879. The zero-order chi connectivity index (χ0) is 13.7. The number of rotatable bonds is 3. The molecule has 0 saturated carbocycles. The van der Waals surface area contributed by atoms with Crippen molar-refractivity contribution in [1.29, 1.82) is 0 Å². The molecule has 5 nitrogen and oxygen atoms in total. The molecule has 1 atom stereocenters. The van der Waals surface area contributed by atoms with E-state index in [4.69, 9.17) is 4.74 Å². The quantitative estimate of drug-likeness (QED) is 0.734. The van der Waals surface area contributed by atoms with Crippen molar-refractivity contribution in [1.82, 2.24) is 14.7 Å². The summed E-state index contributed by atoms with van der Waals surface area (Å²) < 4.78 is 17.8. The predicted molar refractivity (Wildman–Crippen MR) is 70.6 cm³/mol. The van der Waals surface area contributed by atoms with Crippen LogP contribution in [0.5, 0.6) is 0 Å². The molecule has 1 unspecified atom stereocenters. The normalized spacial score (nSPS) is 27.3. The summed E-state index contributed by atoms with van der Waals surface area (Å²) in [6.07, 6.45) is 1.08. The monoisotopic (exact) mass is 273 g/mol.